The van der Waals surface area contributed by atoms with Crippen molar-refractivity contribution in [3.63, 3.8) is 0 Å². The highest BCUT2D eigenvalue weighted by Crippen LogP contribution is 2.32. The van der Waals surface area contributed by atoms with E-state index in [2.05, 4.69) is 9.97 Å². The van der Waals surface area contributed by atoms with E-state index < -0.39 is 11.5 Å². The van der Waals surface area contributed by atoms with Gasteiger partial charge in [0, 0.05) is 31.6 Å². The third-order valence-electron chi connectivity index (χ3n) is 5.73. The molecule has 7 nitrogen and oxygen atoms in total. The maximum absolute atomic E-state index is 14.0. The summed E-state index contributed by atoms with van der Waals surface area (Å²) in [5.41, 5.74) is 0.514. The van der Waals surface area contributed by atoms with Crippen LogP contribution in [0.15, 0.2) is 42.5 Å². The van der Waals surface area contributed by atoms with Gasteiger partial charge in [0.15, 0.2) is 5.82 Å². The maximum atomic E-state index is 14.0. The van der Waals surface area contributed by atoms with E-state index in [1.807, 2.05) is 25.7 Å². The molecule has 0 saturated carbocycles. The van der Waals surface area contributed by atoms with E-state index in [9.17, 15) is 19.4 Å². The van der Waals surface area contributed by atoms with Crippen molar-refractivity contribution in [2.24, 2.45) is 5.41 Å². The number of aromatic nitrogens is 2. The first-order valence-electron chi connectivity index (χ1n) is 10.6. The normalized spacial score (nSPS) is 15.8. The zero-order valence-electron chi connectivity index (χ0n) is 18.4. The van der Waals surface area contributed by atoms with Crippen molar-refractivity contribution in [3.05, 3.63) is 48.3 Å². The number of phenolic OH excluding ortho intramolecular Hbond substituents is 1. The minimum atomic E-state index is -1.07. The first kappa shape index (κ1) is 22.0. The standard InChI is InChI=1S/C24H27FN4O3/c1-24(2,3)20(31)23(32)29-12-10-28(11-13-29)22-17-14-15(25)8-9-18(17)26-21(27-22)16-6-4-5-7-19(16)30/h4-9,14,20,30-31H,10-13H2,1-3H3. The number of piperazine rings is 1. The number of aromatic hydroxyl groups is 1. The predicted octanol–water partition coefficient (Wildman–Crippen LogP) is 3.20. The molecule has 2 N–H and O–H groups in total. The molecule has 1 amide bonds. The van der Waals surface area contributed by atoms with E-state index >= 15 is 0 Å². The summed E-state index contributed by atoms with van der Waals surface area (Å²) in [6, 6.07) is 11.2. The van der Waals surface area contributed by atoms with Crippen LogP contribution in [-0.4, -0.2) is 63.3 Å². The summed E-state index contributed by atoms with van der Waals surface area (Å²) in [6.45, 7) is 7.27. The lowest BCUT2D eigenvalue weighted by molar-refractivity contribution is -0.146. The number of nitrogens with zero attached hydrogens (tertiary/aromatic N) is 4. The van der Waals surface area contributed by atoms with E-state index in [1.54, 1.807) is 35.2 Å². The number of aliphatic hydroxyl groups excluding tert-OH is 1. The molecule has 1 aliphatic heterocycles. The molecule has 0 spiro atoms. The SMILES string of the molecule is CC(C)(C)C(O)C(=O)N1CCN(c2nc(-c3ccccc3O)nc3ccc(F)cc23)CC1. The molecule has 1 fully saturated rings. The fourth-order valence-corrected chi connectivity index (χ4v) is 3.79. The number of halogens is 1. The first-order valence-corrected chi connectivity index (χ1v) is 10.6. The van der Waals surface area contributed by atoms with Gasteiger partial charge in [-0.2, -0.15) is 0 Å². The monoisotopic (exact) mass is 438 g/mol. The Kier molecular flexibility index (Phi) is 5.73. The Labute approximate surface area is 186 Å². The number of hydrogen-bond donors (Lipinski definition) is 2. The van der Waals surface area contributed by atoms with Gasteiger partial charge in [0.2, 0.25) is 0 Å². The summed E-state index contributed by atoms with van der Waals surface area (Å²) in [5.74, 6) is 0.284. The number of benzene rings is 2. The van der Waals surface area contributed by atoms with Gasteiger partial charge in [-0.1, -0.05) is 32.9 Å². The summed E-state index contributed by atoms with van der Waals surface area (Å²) < 4.78 is 14.0. The molecule has 32 heavy (non-hydrogen) atoms. The molecule has 2 aromatic carbocycles. The fraction of sp³-hybridized carbons (Fsp3) is 0.375. The van der Waals surface area contributed by atoms with Crippen LogP contribution < -0.4 is 4.90 Å². The van der Waals surface area contributed by atoms with Gasteiger partial charge in [0.25, 0.3) is 5.91 Å². The van der Waals surface area contributed by atoms with E-state index in [-0.39, 0.29) is 17.5 Å². The van der Waals surface area contributed by atoms with Crippen molar-refractivity contribution in [2.45, 2.75) is 26.9 Å². The third-order valence-corrected chi connectivity index (χ3v) is 5.73. The molecule has 0 aliphatic carbocycles. The van der Waals surface area contributed by atoms with Gasteiger partial charge >= 0.3 is 0 Å². The van der Waals surface area contributed by atoms with Crippen LogP contribution in [-0.2, 0) is 4.79 Å². The van der Waals surface area contributed by atoms with E-state index in [0.717, 1.165) is 0 Å². The van der Waals surface area contributed by atoms with Crippen LogP contribution in [0, 0.1) is 11.2 Å². The van der Waals surface area contributed by atoms with Gasteiger partial charge in [-0.25, -0.2) is 14.4 Å². The van der Waals surface area contributed by atoms with E-state index in [1.165, 1.54) is 12.1 Å². The second-order valence-corrected chi connectivity index (χ2v) is 9.13. The van der Waals surface area contributed by atoms with Gasteiger partial charge in [0.1, 0.15) is 23.5 Å². The Morgan fingerprint density at radius 1 is 1.06 bits per heavy atom. The second kappa shape index (κ2) is 8.35. The Balaban J connectivity index is 1.66. The molecule has 0 radical (unpaired) electrons. The summed E-state index contributed by atoms with van der Waals surface area (Å²) in [6.07, 6.45) is -1.07. The molecule has 1 aliphatic rings. The summed E-state index contributed by atoms with van der Waals surface area (Å²) in [4.78, 5) is 25.5. The van der Waals surface area contributed by atoms with Crippen LogP contribution in [0.1, 0.15) is 20.8 Å². The molecule has 8 heteroatoms. The van der Waals surface area contributed by atoms with Crippen LogP contribution in [0.5, 0.6) is 5.75 Å². The maximum Gasteiger partial charge on any atom is 0.252 e. The Morgan fingerprint density at radius 3 is 2.41 bits per heavy atom. The lowest BCUT2D eigenvalue weighted by Crippen LogP contribution is -2.53. The lowest BCUT2D eigenvalue weighted by Gasteiger charge is -2.38. The number of carbonyl (C=O) groups excluding carboxylic acids is 1. The molecule has 1 atom stereocenters. The lowest BCUT2D eigenvalue weighted by atomic mass is 9.88. The number of aliphatic hydroxyl groups is 1. The van der Waals surface area contributed by atoms with Crippen molar-refractivity contribution < 1.29 is 19.4 Å². The molecular weight excluding hydrogens is 411 g/mol. The molecule has 1 saturated heterocycles. The van der Waals surface area contributed by atoms with Crippen LogP contribution in [0.2, 0.25) is 0 Å². The van der Waals surface area contributed by atoms with Gasteiger partial charge in [-0.15, -0.1) is 0 Å². The Hall–Kier alpha value is -3.26. The van der Waals surface area contributed by atoms with Gasteiger partial charge in [-0.05, 0) is 35.7 Å². The van der Waals surface area contributed by atoms with Crippen molar-refractivity contribution >= 4 is 22.6 Å². The first-order chi connectivity index (χ1) is 15.1. The molecule has 0 bridgehead atoms. The highest BCUT2D eigenvalue weighted by atomic mass is 19.1. The van der Waals surface area contributed by atoms with Crippen molar-refractivity contribution in [2.75, 3.05) is 31.1 Å². The van der Waals surface area contributed by atoms with Crippen LogP contribution in [0.4, 0.5) is 10.2 Å². The average Bonchev–Trinajstić information content (AvgIpc) is 2.77. The number of para-hydroxylation sites is 1. The molecular formula is C24H27FN4O3. The number of anilines is 1. The number of rotatable bonds is 3. The highest BCUT2D eigenvalue weighted by Gasteiger charge is 2.34. The smallest absolute Gasteiger partial charge is 0.252 e. The molecule has 2 heterocycles. The highest BCUT2D eigenvalue weighted by molar-refractivity contribution is 5.91. The van der Waals surface area contributed by atoms with Crippen LogP contribution in [0.25, 0.3) is 22.3 Å². The van der Waals surface area contributed by atoms with Crippen molar-refractivity contribution in [3.8, 4) is 17.1 Å². The molecule has 4 rings (SSSR count). The third kappa shape index (κ3) is 4.23. The van der Waals surface area contributed by atoms with Gasteiger partial charge < -0.3 is 20.0 Å². The van der Waals surface area contributed by atoms with Crippen LogP contribution in [0.3, 0.4) is 0 Å². The number of carbonyl (C=O) groups is 1. The van der Waals surface area contributed by atoms with Gasteiger partial charge in [-0.3, -0.25) is 4.79 Å². The predicted molar refractivity (Wildman–Crippen MR) is 121 cm³/mol. The number of phenols is 1. The molecule has 168 valence electrons. The number of amides is 1. The number of fused-ring (bicyclic) bond motifs is 1. The average molecular weight is 439 g/mol. The Bertz CT molecular complexity index is 1150. The molecule has 1 aromatic heterocycles. The summed E-state index contributed by atoms with van der Waals surface area (Å²) in [5, 5.41) is 21.2. The summed E-state index contributed by atoms with van der Waals surface area (Å²) >= 11 is 0. The zero-order valence-corrected chi connectivity index (χ0v) is 18.4. The number of hydrogen-bond acceptors (Lipinski definition) is 6. The van der Waals surface area contributed by atoms with E-state index in [4.69, 9.17) is 0 Å². The fourth-order valence-electron chi connectivity index (χ4n) is 3.79. The van der Waals surface area contributed by atoms with E-state index in [0.29, 0.717) is 54.3 Å². The topological polar surface area (TPSA) is 89.8 Å². The second-order valence-electron chi connectivity index (χ2n) is 9.13. The largest absolute Gasteiger partial charge is 0.507 e. The van der Waals surface area contributed by atoms with Gasteiger partial charge in [0.05, 0.1) is 11.1 Å². The summed E-state index contributed by atoms with van der Waals surface area (Å²) in [7, 11) is 0. The van der Waals surface area contributed by atoms with Crippen molar-refractivity contribution in [1.82, 2.24) is 14.9 Å². The Morgan fingerprint density at radius 2 is 1.75 bits per heavy atom. The molecule has 1 unspecified atom stereocenters. The van der Waals surface area contributed by atoms with Crippen LogP contribution >= 0.6 is 0 Å². The minimum absolute atomic E-state index is 0.0616. The molecule has 3 aromatic rings. The quantitative estimate of drug-likeness (QED) is 0.653. The van der Waals surface area contributed by atoms with Crippen molar-refractivity contribution in [1.29, 1.82) is 0 Å². The zero-order chi connectivity index (χ0) is 23.0. The minimum Gasteiger partial charge on any atom is -0.507 e.